The highest BCUT2D eigenvalue weighted by Gasteiger charge is 2.20. The van der Waals surface area contributed by atoms with Gasteiger partial charge in [0.2, 0.25) is 5.91 Å². The Hall–Kier alpha value is -1.36. The van der Waals surface area contributed by atoms with E-state index in [4.69, 9.17) is 5.73 Å². The Morgan fingerprint density at radius 2 is 2.24 bits per heavy atom. The van der Waals surface area contributed by atoms with Gasteiger partial charge in [0.1, 0.15) is 0 Å². The van der Waals surface area contributed by atoms with Gasteiger partial charge in [-0.1, -0.05) is 27.2 Å². The lowest BCUT2D eigenvalue weighted by atomic mass is 9.99. The van der Waals surface area contributed by atoms with E-state index in [9.17, 15) is 4.79 Å². The van der Waals surface area contributed by atoms with Crippen LogP contribution in [0.15, 0.2) is 6.20 Å². The summed E-state index contributed by atoms with van der Waals surface area (Å²) < 4.78 is 1.70. The molecule has 3 N–H and O–H groups in total. The summed E-state index contributed by atoms with van der Waals surface area (Å²) in [6.07, 6.45) is 3.48. The van der Waals surface area contributed by atoms with E-state index in [0.717, 1.165) is 24.2 Å². The molecule has 0 bridgehead atoms. The van der Waals surface area contributed by atoms with Crippen LogP contribution in [-0.2, 0) is 18.3 Å². The fraction of sp³-hybridized carbons (Fsp3) is 0.667. The van der Waals surface area contributed by atoms with Crippen LogP contribution in [0.4, 0.5) is 5.69 Å². The molecular weight excluding hydrogens is 216 g/mol. The summed E-state index contributed by atoms with van der Waals surface area (Å²) in [6, 6.07) is -0.468. The number of hydrogen-bond donors (Lipinski definition) is 2. The van der Waals surface area contributed by atoms with Gasteiger partial charge in [-0.15, -0.1) is 0 Å². The van der Waals surface area contributed by atoms with E-state index in [1.54, 1.807) is 10.9 Å². The molecule has 0 radical (unpaired) electrons. The van der Waals surface area contributed by atoms with E-state index >= 15 is 0 Å². The second-order valence-corrected chi connectivity index (χ2v) is 4.42. The van der Waals surface area contributed by atoms with Crippen LogP contribution < -0.4 is 11.1 Å². The molecule has 0 saturated carbocycles. The second-order valence-electron chi connectivity index (χ2n) is 4.42. The first kappa shape index (κ1) is 13.7. The highest BCUT2D eigenvalue weighted by Crippen LogP contribution is 2.15. The van der Waals surface area contributed by atoms with E-state index < -0.39 is 6.04 Å². The van der Waals surface area contributed by atoms with Gasteiger partial charge in [-0.25, -0.2) is 0 Å². The fourth-order valence-corrected chi connectivity index (χ4v) is 1.63. The fourth-order valence-electron chi connectivity index (χ4n) is 1.63. The second kappa shape index (κ2) is 5.82. The molecule has 0 saturated heterocycles. The number of aryl methyl sites for hydroxylation is 2. The quantitative estimate of drug-likeness (QED) is 0.812. The molecule has 1 amide bonds. The number of nitrogens with two attached hydrogens (primary N) is 1. The zero-order chi connectivity index (χ0) is 13.0. The first-order valence-corrected chi connectivity index (χ1v) is 6.08. The maximum Gasteiger partial charge on any atom is 0.241 e. The van der Waals surface area contributed by atoms with Gasteiger partial charge in [-0.3, -0.25) is 9.48 Å². The van der Waals surface area contributed by atoms with Crippen molar-refractivity contribution >= 4 is 11.6 Å². The van der Waals surface area contributed by atoms with Crippen molar-refractivity contribution < 1.29 is 4.79 Å². The van der Waals surface area contributed by atoms with Crippen LogP contribution >= 0.6 is 0 Å². The van der Waals surface area contributed by atoms with Crippen molar-refractivity contribution in [3.05, 3.63) is 11.9 Å². The zero-order valence-electron chi connectivity index (χ0n) is 11.0. The molecule has 1 aromatic heterocycles. The summed E-state index contributed by atoms with van der Waals surface area (Å²) in [5, 5.41) is 7.12. The molecule has 1 aromatic rings. The average Bonchev–Trinajstić information content (AvgIpc) is 2.67. The molecule has 0 aliphatic rings. The number of nitrogens with zero attached hydrogens (tertiary/aromatic N) is 2. The SMILES string of the molecule is CCc1nn(C)cc1NC(=O)[C@@H](N)C(C)CC. The molecule has 5 nitrogen and oxygen atoms in total. The highest BCUT2D eigenvalue weighted by molar-refractivity contribution is 5.95. The van der Waals surface area contributed by atoms with E-state index in [-0.39, 0.29) is 11.8 Å². The number of nitrogens with one attached hydrogen (secondary N) is 1. The van der Waals surface area contributed by atoms with Crippen molar-refractivity contribution in [2.75, 3.05) is 5.32 Å². The van der Waals surface area contributed by atoms with Gasteiger partial charge in [0.25, 0.3) is 0 Å². The summed E-state index contributed by atoms with van der Waals surface area (Å²) in [7, 11) is 1.84. The van der Waals surface area contributed by atoms with Crippen molar-refractivity contribution in [1.29, 1.82) is 0 Å². The molecule has 17 heavy (non-hydrogen) atoms. The summed E-state index contributed by atoms with van der Waals surface area (Å²) >= 11 is 0. The van der Waals surface area contributed by atoms with Crippen molar-refractivity contribution in [2.45, 2.75) is 39.7 Å². The molecule has 96 valence electrons. The van der Waals surface area contributed by atoms with Crippen molar-refractivity contribution in [2.24, 2.45) is 18.7 Å². The maximum atomic E-state index is 11.9. The van der Waals surface area contributed by atoms with Gasteiger partial charge in [0.15, 0.2) is 0 Å². The lowest BCUT2D eigenvalue weighted by Gasteiger charge is -2.17. The summed E-state index contributed by atoms with van der Waals surface area (Å²) in [5.74, 6) is 0.0406. The molecule has 1 heterocycles. The summed E-state index contributed by atoms with van der Waals surface area (Å²) in [6.45, 7) is 6.01. The molecule has 5 heteroatoms. The smallest absolute Gasteiger partial charge is 0.241 e. The third-order valence-electron chi connectivity index (χ3n) is 3.06. The minimum Gasteiger partial charge on any atom is -0.322 e. The maximum absolute atomic E-state index is 11.9. The summed E-state index contributed by atoms with van der Waals surface area (Å²) in [4.78, 5) is 11.9. The number of amides is 1. The Morgan fingerprint density at radius 3 is 2.76 bits per heavy atom. The van der Waals surface area contributed by atoms with Gasteiger partial charge < -0.3 is 11.1 Å². The van der Waals surface area contributed by atoms with Crippen molar-refractivity contribution in [1.82, 2.24) is 9.78 Å². The predicted molar refractivity (Wildman–Crippen MR) is 68.6 cm³/mol. The third-order valence-corrected chi connectivity index (χ3v) is 3.06. The number of anilines is 1. The zero-order valence-corrected chi connectivity index (χ0v) is 11.0. The molecule has 0 aliphatic heterocycles. The summed E-state index contributed by atoms with van der Waals surface area (Å²) in [5.41, 5.74) is 7.53. The molecule has 0 spiro atoms. The Balaban J connectivity index is 2.73. The molecule has 1 unspecified atom stereocenters. The van der Waals surface area contributed by atoms with Gasteiger partial charge in [0.05, 0.1) is 17.4 Å². The minimum absolute atomic E-state index is 0.137. The molecule has 0 aliphatic carbocycles. The third kappa shape index (κ3) is 3.30. The monoisotopic (exact) mass is 238 g/mol. The number of carbonyl (C=O) groups excluding carboxylic acids is 1. The topological polar surface area (TPSA) is 72.9 Å². The highest BCUT2D eigenvalue weighted by atomic mass is 16.2. The normalized spacial score (nSPS) is 14.4. The molecule has 2 atom stereocenters. The molecule has 1 rings (SSSR count). The van der Waals surface area contributed by atoms with Crippen LogP contribution in [0.2, 0.25) is 0 Å². The van der Waals surface area contributed by atoms with E-state index in [1.807, 2.05) is 27.8 Å². The van der Waals surface area contributed by atoms with Crippen molar-refractivity contribution in [3.8, 4) is 0 Å². The van der Waals surface area contributed by atoms with Gasteiger partial charge >= 0.3 is 0 Å². The standard InChI is InChI=1S/C12H22N4O/c1-5-8(3)11(13)12(17)14-10-7-16(4)15-9(10)6-2/h7-8,11H,5-6,13H2,1-4H3,(H,14,17)/t8?,11-/m0/s1. The van der Waals surface area contributed by atoms with Crippen LogP contribution in [-0.4, -0.2) is 21.7 Å². The minimum atomic E-state index is -0.468. The average molecular weight is 238 g/mol. The number of carbonyl (C=O) groups is 1. The number of hydrogen-bond acceptors (Lipinski definition) is 3. The van der Waals surface area contributed by atoms with Crippen LogP contribution in [0.5, 0.6) is 0 Å². The van der Waals surface area contributed by atoms with Gasteiger partial charge in [0, 0.05) is 13.2 Å². The Bertz CT molecular complexity index is 386. The van der Waals surface area contributed by atoms with E-state index in [0.29, 0.717) is 0 Å². The van der Waals surface area contributed by atoms with Gasteiger partial charge in [-0.2, -0.15) is 5.10 Å². The van der Waals surface area contributed by atoms with Crippen LogP contribution in [0.3, 0.4) is 0 Å². The molecule has 0 aromatic carbocycles. The van der Waals surface area contributed by atoms with Crippen molar-refractivity contribution in [3.63, 3.8) is 0 Å². The van der Waals surface area contributed by atoms with Crippen LogP contribution in [0, 0.1) is 5.92 Å². The van der Waals surface area contributed by atoms with E-state index in [1.165, 1.54) is 0 Å². The Labute approximate surface area is 102 Å². The lowest BCUT2D eigenvalue weighted by Crippen LogP contribution is -2.40. The molecule has 0 fully saturated rings. The number of rotatable bonds is 5. The largest absolute Gasteiger partial charge is 0.322 e. The first-order chi connectivity index (χ1) is 7.99. The van der Waals surface area contributed by atoms with Crippen LogP contribution in [0.1, 0.15) is 32.9 Å². The first-order valence-electron chi connectivity index (χ1n) is 6.08. The van der Waals surface area contributed by atoms with Gasteiger partial charge in [-0.05, 0) is 12.3 Å². The lowest BCUT2D eigenvalue weighted by molar-refractivity contribution is -0.118. The predicted octanol–water partition coefficient (Wildman–Crippen LogP) is 1.29. The number of aromatic nitrogens is 2. The Morgan fingerprint density at radius 1 is 1.59 bits per heavy atom. The van der Waals surface area contributed by atoms with Crippen LogP contribution in [0.25, 0.3) is 0 Å². The molecular formula is C12H22N4O. The van der Waals surface area contributed by atoms with E-state index in [2.05, 4.69) is 10.4 Å². The Kier molecular flexibility index (Phi) is 4.69.